The average molecular weight is 294 g/mol. The van der Waals surface area contributed by atoms with Gasteiger partial charge in [0.15, 0.2) is 5.78 Å². The summed E-state index contributed by atoms with van der Waals surface area (Å²) in [7, 11) is 0. The van der Waals surface area contributed by atoms with E-state index in [-0.39, 0.29) is 24.2 Å². The normalized spacial score (nSPS) is 9.95. The van der Waals surface area contributed by atoms with Gasteiger partial charge in [-0.3, -0.25) is 24.5 Å². The molecule has 0 atom stereocenters. The Hall–Kier alpha value is -2.61. The van der Waals surface area contributed by atoms with Crippen molar-refractivity contribution >= 4 is 28.8 Å². The maximum Gasteiger partial charge on any atom is 0.271 e. The van der Waals surface area contributed by atoms with Gasteiger partial charge in [-0.2, -0.15) is 0 Å². The molecule has 2 N–H and O–H groups in total. The molecule has 0 spiro atoms. The third-order valence-electron chi connectivity index (χ3n) is 2.54. The number of non-ortho nitro benzene ring substituents is 1. The molecule has 1 rings (SSSR count). The Morgan fingerprint density at radius 3 is 2.52 bits per heavy atom. The topological polar surface area (TPSA) is 127 Å². The van der Waals surface area contributed by atoms with Crippen molar-refractivity contribution in [3.63, 3.8) is 0 Å². The van der Waals surface area contributed by atoms with Crippen LogP contribution in [0, 0.1) is 10.1 Å². The number of nitrogens with zero attached hydrogens (tertiary/aromatic N) is 1. The van der Waals surface area contributed by atoms with Gasteiger partial charge in [0.25, 0.3) is 5.69 Å². The molecule has 8 nitrogen and oxygen atoms in total. The molecule has 0 fully saturated rings. The van der Waals surface area contributed by atoms with Gasteiger partial charge in [-0.15, -0.1) is 0 Å². The Balaban J connectivity index is 2.47. The van der Waals surface area contributed by atoms with Crippen molar-refractivity contribution < 1.29 is 24.4 Å². The lowest BCUT2D eigenvalue weighted by Crippen LogP contribution is -2.16. The van der Waals surface area contributed by atoms with Crippen molar-refractivity contribution in [2.24, 2.45) is 0 Å². The van der Waals surface area contributed by atoms with Gasteiger partial charge in [-0.1, -0.05) is 6.07 Å². The minimum Gasteiger partial charge on any atom is -0.389 e. The quantitative estimate of drug-likeness (QED) is 0.415. The van der Waals surface area contributed by atoms with E-state index in [0.29, 0.717) is 0 Å². The van der Waals surface area contributed by atoms with Crippen LogP contribution in [0.25, 0.3) is 0 Å². The van der Waals surface area contributed by atoms with Gasteiger partial charge < -0.3 is 10.4 Å². The lowest BCUT2D eigenvalue weighted by Gasteiger charge is -2.04. The summed E-state index contributed by atoms with van der Waals surface area (Å²) in [6, 6.07) is 5.41. The Bertz CT molecular complexity index is 570. The first-order valence-electron chi connectivity index (χ1n) is 6.11. The molecule has 21 heavy (non-hydrogen) atoms. The van der Waals surface area contributed by atoms with Crippen LogP contribution >= 0.6 is 0 Å². The monoisotopic (exact) mass is 294 g/mol. The summed E-state index contributed by atoms with van der Waals surface area (Å²) in [5.74, 6) is -1.53. The Labute approximate surface area is 119 Å². The highest BCUT2D eigenvalue weighted by Gasteiger charge is 2.12. The molecule has 0 aromatic heterocycles. The van der Waals surface area contributed by atoms with E-state index in [1.54, 1.807) is 0 Å². The third kappa shape index (κ3) is 5.91. The van der Waals surface area contributed by atoms with E-state index in [4.69, 9.17) is 5.11 Å². The van der Waals surface area contributed by atoms with Crippen LogP contribution in [0.5, 0.6) is 0 Å². The number of aliphatic hydroxyl groups is 1. The third-order valence-corrected chi connectivity index (χ3v) is 2.54. The number of aliphatic hydroxyl groups excluding tert-OH is 1. The number of nitro benzene ring substituents is 1. The number of ketones is 2. The molecule has 0 radical (unpaired) electrons. The van der Waals surface area contributed by atoms with Gasteiger partial charge in [0.05, 0.1) is 11.3 Å². The Morgan fingerprint density at radius 2 is 1.90 bits per heavy atom. The molecule has 8 heteroatoms. The molecular weight excluding hydrogens is 280 g/mol. The van der Waals surface area contributed by atoms with Crippen molar-refractivity contribution in [2.45, 2.75) is 19.3 Å². The van der Waals surface area contributed by atoms with Crippen molar-refractivity contribution in [3.8, 4) is 0 Å². The number of hydrogen-bond donors (Lipinski definition) is 2. The van der Waals surface area contributed by atoms with E-state index < -0.39 is 35.4 Å². The van der Waals surface area contributed by atoms with Crippen LogP contribution < -0.4 is 5.32 Å². The molecule has 0 saturated heterocycles. The first kappa shape index (κ1) is 16.4. The smallest absolute Gasteiger partial charge is 0.271 e. The molecule has 1 aromatic rings. The summed E-state index contributed by atoms with van der Waals surface area (Å²) in [5, 5.41) is 21.5. The summed E-state index contributed by atoms with van der Waals surface area (Å²) < 4.78 is 0. The van der Waals surface area contributed by atoms with Crippen molar-refractivity contribution in [2.75, 3.05) is 11.9 Å². The SMILES string of the molecule is O=C(CO)CC(=O)CCC(=O)Nc1cccc([N+](=O)[O-])c1. The molecule has 0 bridgehead atoms. The number of rotatable bonds is 8. The summed E-state index contributed by atoms with van der Waals surface area (Å²) in [6.07, 6.45) is -0.673. The molecule has 0 heterocycles. The number of carbonyl (C=O) groups excluding carboxylic acids is 3. The van der Waals surface area contributed by atoms with Crippen LogP contribution in [-0.4, -0.2) is 34.1 Å². The van der Waals surface area contributed by atoms with Crippen molar-refractivity contribution in [1.29, 1.82) is 0 Å². The fraction of sp³-hybridized carbons (Fsp3) is 0.308. The highest BCUT2D eigenvalue weighted by molar-refractivity contribution is 6.01. The summed E-state index contributed by atoms with van der Waals surface area (Å²) >= 11 is 0. The van der Waals surface area contributed by atoms with Crippen LogP contribution in [-0.2, 0) is 14.4 Å². The summed E-state index contributed by atoms with van der Waals surface area (Å²) in [5.41, 5.74) is 0.102. The number of anilines is 1. The van der Waals surface area contributed by atoms with Crippen LogP contribution in [0.15, 0.2) is 24.3 Å². The summed E-state index contributed by atoms with van der Waals surface area (Å²) in [4.78, 5) is 43.7. The molecule has 112 valence electrons. The van der Waals surface area contributed by atoms with E-state index >= 15 is 0 Å². The number of carbonyl (C=O) groups is 3. The van der Waals surface area contributed by atoms with Crippen LogP contribution in [0.2, 0.25) is 0 Å². The number of Topliss-reactive ketones (excluding diaryl/α,β-unsaturated/α-hetero) is 2. The van der Waals surface area contributed by atoms with E-state index in [9.17, 15) is 24.5 Å². The fourth-order valence-corrected chi connectivity index (χ4v) is 1.54. The zero-order chi connectivity index (χ0) is 15.8. The average Bonchev–Trinajstić information content (AvgIpc) is 2.45. The zero-order valence-electron chi connectivity index (χ0n) is 11.1. The second kappa shape index (κ2) is 7.85. The fourth-order valence-electron chi connectivity index (χ4n) is 1.54. The van der Waals surface area contributed by atoms with Gasteiger partial charge in [0.1, 0.15) is 12.4 Å². The first-order chi connectivity index (χ1) is 9.92. The molecule has 0 saturated carbocycles. The van der Waals surface area contributed by atoms with Gasteiger partial charge in [0, 0.05) is 30.7 Å². The molecule has 0 aliphatic heterocycles. The molecule has 0 aliphatic carbocycles. The maximum atomic E-state index is 11.6. The number of hydrogen-bond acceptors (Lipinski definition) is 6. The minimum atomic E-state index is -0.703. The highest BCUT2D eigenvalue weighted by Crippen LogP contribution is 2.17. The summed E-state index contributed by atoms with van der Waals surface area (Å²) in [6.45, 7) is -0.703. The zero-order valence-corrected chi connectivity index (χ0v) is 11.1. The lowest BCUT2D eigenvalue weighted by molar-refractivity contribution is -0.384. The van der Waals surface area contributed by atoms with E-state index in [2.05, 4.69) is 5.32 Å². The standard InChI is InChI=1S/C13H14N2O6/c16-8-12(18)7-11(17)4-5-13(19)14-9-2-1-3-10(6-9)15(20)21/h1-3,6,16H,4-5,7-8H2,(H,14,19). The largest absolute Gasteiger partial charge is 0.389 e. The van der Waals surface area contributed by atoms with Crippen molar-refractivity contribution in [3.05, 3.63) is 34.4 Å². The number of amides is 1. The molecule has 1 aromatic carbocycles. The predicted octanol–water partition coefficient (Wildman–Crippen LogP) is 0.834. The Kier molecular flexibility index (Phi) is 6.15. The molecular formula is C13H14N2O6. The molecule has 0 unspecified atom stereocenters. The van der Waals surface area contributed by atoms with Crippen LogP contribution in [0.1, 0.15) is 19.3 Å². The number of nitrogens with one attached hydrogen (secondary N) is 1. The van der Waals surface area contributed by atoms with Gasteiger partial charge in [-0.05, 0) is 6.07 Å². The van der Waals surface area contributed by atoms with Gasteiger partial charge >= 0.3 is 0 Å². The lowest BCUT2D eigenvalue weighted by atomic mass is 10.1. The second-order valence-electron chi connectivity index (χ2n) is 4.27. The highest BCUT2D eigenvalue weighted by atomic mass is 16.6. The van der Waals surface area contributed by atoms with Gasteiger partial charge in [0.2, 0.25) is 5.91 Å². The van der Waals surface area contributed by atoms with Crippen LogP contribution in [0.4, 0.5) is 11.4 Å². The minimum absolute atomic E-state index is 0.132. The molecule has 0 aliphatic rings. The number of benzene rings is 1. The second-order valence-corrected chi connectivity index (χ2v) is 4.27. The number of nitro groups is 1. The van der Waals surface area contributed by atoms with E-state index in [0.717, 1.165) is 0 Å². The molecule has 1 amide bonds. The first-order valence-corrected chi connectivity index (χ1v) is 6.11. The predicted molar refractivity (Wildman–Crippen MR) is 72.7 cm³/mol. The van der Waals surface area contributed by atoms with Crippen LogP contribution in [0.3, 0.4) is 0 Å². The van der Waals surface area contributed by atoms with E-state index in [1.165, 1.54) is 24.3 Å². The van der Waals surface area contributed by atoms with Gasteiger partial charge in [-0.25, -0.2) is 0 Å². The Morgan fingerprint density at radius 1 is 1.19 bits per heavy atom. The van der Waals surface area contributed by atoms with Crippen molar-refractivity contribution in [1.82, 2.24) is 0 Å². The maximum absolute atomic E-state index is 11.6. The van der Waals surface area contributed by atoms with E-state index in [1.807, 2.05) is 0 Å².